The molecule has 0 aliphatic heterocycles. The van der Waals surface area contributed by atoms with Gasteiger partial charge in [0.15, 0.2) is 5.82 Å². The zero-order valence-corrected chi connectivity index (χ0v) is 11.9. The summed E-state index contributed by atoms with van der Waals surface area (Å²) in [5, 5.41) is 6.88. The van der Waals surface area contributed by atoms with E-state index in [4.69, 9.17) is 5.73 Å². The largest absolute Gasteiger partial charge is 0.382 e. The fourth-order valence-corrected chi connectivity index (χ4v) is 2.54. The highest BCUT2D eigenvalue weighted by Gasteiger charge is 2.15. The van der Waals surface area contributed by atoms with Crippen molar-refractivity contribution in [2.24, 2.45) is 0 Å². The predicted octanol–water partition coefficient (Wildman–Crippen LogP) is 3.62. The fourth-order valence-electron chi connectivity index (χ4n) is 2.07. The quantitative estimate of drug-likeness (QED) is 0.753. The average Bonchev–Trinajstić information content (AvgIpc) is 2.80. The highest BCUT2D eigenvalue weighted by Crippen LogP contribution is 2.35. The molecule has 0 saturated carbocycles. The minimum absolute atomic E-state index is 0.330. The summed E-state index contributed by atoms with van der Waals surface area (Å²) in [5.41, 5.74) is 8.88. The van der Waals surface area contributed by atoms with Gasteiger partial charge in [-0.2, -0.15) is 5.10 Å². The van der Waals surface area contributed by atoms with E-state index in [1.54, 1.807) is 18.5 Å². The number of hydrogen-bond acceptors (Lipinski definition) is 3. The number of nitrogens with two attached hydrogens (primary N) is 1. The molecule has 1 aromatic carbocycles. The number of aromatic amines is 1. The topological polar surface area (TPSA) is 67.6 Å². The fraction of sp³-hybridized carbons (Fsp3) is 0. The Kier molecular flexibility index (Phi) is 3.23. The smallest absolute Gasteiger partial charge is 0.153 e. The summed E-state index contributed by atoms with van der Waals surface area (Å²) in [7, 11) is 0. The van der Waals surface area contributed by atoms with Crippen LogP contribution < -0.4 is 5.73 Å². The van der Waals surface area contributed by atoms with Gasteiger partial charge in [0.25, 0.3) is 0 Å². The third-order valence-electron chi connectivity index (χ3n) is 2.91. The molecular formula is C14H10BrFN4. The Morgan fingerprint density at radius 3 is 2.55 bits per heavy atom. The van der Waals surface area contributed by atoms with Crippen LogP contribution in [-0.2, 0) is 0 Å². The summed E-state index contributed by atoms with van der Waals surface area (Å²) in [6.45, 7) is 0. The van der Waals surface area contributed by atoms with Gasteiger partial charge in [-0.25, -0.2) is 4.39 Å². The van der Waals surface area contributed by atoms with Crippen LogP contribution >= 0.6 is 15.9 Å². The normalized spacial score (nSPS) is 10.7. The highest BCUT2D eigenvalue weighted by molar-refractivity contribution is 9.10. The van der Waals surface area contributed by atoms with Crippen LogP contribution in [-0.4, -0.2) is 15.2 Å². The molecule has 0 saturated heterocycles. The van der Waals surface area contributed by atoms with Crippen molar-refractivity contribution in [3.8, 4) is 22.4 Å². The van der Waals surface area contributed by atoms with Gasteiger partial charge in [-0.15, -0.1) is 0 Å². The monoisotopic (exact) mass is 332 g/mol. The molecule has 3 N–H and O–H groups in total. The van der Waals surface area contributed by atoms with E-state index in [2.05, 4.69) is 31.1 Å². The van der Waals surface area contributed by atoms with Gasteiger partial charge in [-0.3, -0.25) is 10.1 Å². The maximum Gasteiger partial charge on any atom is 0.153 e. The number of nitrogens with one attached hydrogen (secondary N) is 1. The van der Waals surface area contributed by atoms with Crippen molar-refractivity contribution in [3.05, 3.63) is 53.0 Å². The summed E-state index contributed by atoms with van der Waals surface area (Å²) < 4.78 is 14.2. The van der Waals surface area contributed by atoms with Crippen LogP contribution in [0.2, 0.25) is 0 Å². The van der Waals surface area contributed by atoms with Crippen molar-refractivity contribution in [2.45, 2.75) is 0 Å². The lowest BCUT2D eigenvalue weighted by Crippen LogP contribution is -1.89. The molecule has 3 aromatic rings. The number of rotatable bonds is 2. The van der Waals surface area contributed by atoms with Crippen molar-refractivity contribution in [1.29, 1.82) is 0 Å². The molecule has 2 aromatic heterocycles. The van der Waals surface area contributed by atoms with Crippen molar-refractivity contribution < 1.29 is 4.39 Å². The van der Waals surface area contributed by atoms with Crippen LogP contribution in [0.5, 0.6) is 0 Å². The maximum atomic E-state index is 13.5. The van der Waals surface area contributed by atoms with E-state index in [0.717, 1.165) is 11.1 Å². The van der Waals surface area contributed by atoms with Gasteiger partial charge >= 0.3 is 0 Å². The molecule has 0 bridgehead atoms. The third-order valence-corrected chi connectivity index (χ3v) is 3.37. The first-order valence-corrected chi connectivity index (χ1v) is 6.65. The summed E-state index contributed by atoms with van der Waals surface area (Å²) in [6.07, 6.45) is 3.35. The van der Waals surface area contributed by atoms with Gasteiger partial charge in [0, 0.05) is 22.4 Å². The Morgan fingerprint density at radius 1 is 1.10 bits per heavy atom. The first-order chi connectivity index (χ1) is 9.65. The number of benzene rings is 1. The van der Waals surface area contributed by atoms with Gasteiger partial charge in [-0.05, 0) is 35.9 Å². The lowest BCUT2D eigenvalue weighted by Gasteiger charge is -2.05. The standard InChI is InChI=1S/C14H10BrFN4/c15-10-5-9(6-11(16)7-10)13-12(14(17)20-19-13)8-1-3-18-4-2-8/h1-7H,(H3,17,19,20). The zero-order chi connectivity index (χ0) is 14.1. The Labute approximate surface area is 123 Å². The van der Waals surface area contributed by atoms with Crippen LogP contribution in [0.25, 0.3) is 22.4 Å². The molecule has 0 radical (unpaired) electrons. The molecule has 0 fully saturated rings. The molecule has 3 rings (SSSR count). The lowest BCUT2D eigenvalue weighted by atomic mass is 10.0. The van der Waals surface area contributed by atoms with Crippen molar-refractivity contribution in [3.63, 3.8) is 0 Å². The second-order valence-corrected chi connectivity index (χ2v) is 5.17. The molecule has 100 valence electrons. The van der Waals surface area contributed by atoms with E-state index in [1.807, 2.05) is 12.1 Å². The number of nitrogens with zero attached hydrogens (tertiary/aromatic N) is 2. The molecule has 2 heterocycles. The van der Waals surface area contributed by atoms with E-state index in [-0.39, 0.29) is 5.82 Å². The second kappa shape index (κ2) is 5.05. The van der Waals surface area contributed by atoms with Gasteiger partial charge in [-0.1, -0.05) is 15.9 Å². The van der Waals surface area contributed by atoms with Crippen LogP contribution in [0.1, 0.15) is 0 Å². The molecule has 0 aliphatic carbocycles. The highest BCUT2D eigenvalue weighted by atomic mass is 79.9. The molecule has 4 nitrogen and oxygen atoms in total. The Hall–Kier alpha value is -2.21. The molecular weight excluding hydrogens is 323 g/mol. The lowest BCUT2D eigenvalue weighted by molar-refractivity contribution is 0.627. The molecule has 0 atom stereocenters. The van der Waals surface area contributed by atoms with Crippen LogP contribution in [0.3, 0.4) is 0 Å². The number of nitrogen functional groups attached to an aromatic ring is 1. The zero-order valence-electron chi connectivity index (χ0n) is 10.3. The van der Waals surface area contributed by atoms with Crippen molar-refractivity contribution >= 4 is 21.7 Å². The van der Waals surface area contributed by atoms with E-state index in [1.165, 1.54) is 12.1 Å². The third kappa shape index (κ3) is 2.30. The SMILES string of the molecule is Nc1n[nH]c(-c2cc(F)cc(Br)c2)c1-c1ccncc1. The van der Waals surface area contributed by atoms with E-state index in [9.17, 15) is 4.39 Å². The number of anilines is 1. The number of aromatic nitrogens is 3. The van der Waals surface area contributed by atoms with Crippen molar-refractivity contribution in [2.75, 3.05) is 5.73 Å². The first-order valence-electron chi connectivity index (χ1n) is 5.86. The summed E-state index contributed by atoms with van der Waals surface area (Å²) in [4.78, 5) is 3.98. The van der Waals surface area contributed by atoms with E-state index in [0.29, 0.717) is 21.5 Å². The summed E-state index contributed by atoms with van der Waals surface area (Å²) in [6, 6.07) is 8.30. The number of H-pyrrole nitrogens is 1. The van der Waals surface area contributed by atoms with E-state index >= 15 is 0 Å². The maximum absolute atomic E-state index is 13.5. The van der Waals surface area contributed by atoms with Crippen LogP contribution in [0, 0.1) is 5.82 Å². The van der Waals surface area contributed by atoms with Gasteiger partial charge in [0.1, 0.15) is 5.82 Å². The number of pyridine rings is 1. The Morgan fingerprint density at radius 2 is 1.85 bits per heavy atom. The summed E-state index contributed by atoms with van der Waals surface area (Å²) in [5.74, 6) is 0.0369. The molecule has 6 heteroatoms. The Bertz CT molecular complexity index is 735. The van der Waals surface area contributed by atoms with Gasteiger partial charge in [0.05, 0.1) is 11.3 Å². The molecule has 20 heavy (non-hydrogen) atoms. The first kappa shape index (κ1) is 12.8. The van der Waals surface area contributed by atoms with E-state index < -0.39 is 0 Å². The van der Waals surface area contributed by atoms with Gasteiger partial charge in [0.2, 0.25) is 0 Å². The Balaban J connectivity index is 2.21. The predicted molar refractivity (Wildman–Crippen MR) is 79.3 cm³/mol. The average molecular weight is 333 g/mol. The van der Waals surface area contributed by atoms with Crippen LogP contribution in [0.4, 0.5) is 10.2 Å². The second-order valence-electron chi connectivity index (χ2n) is 4.25. The summed E-state index contributed by atoms with van der Waals surface area (Å²) >= 11 is 3.28. The van der Waals surface area contributed by atoms with Gasteiger partial charge < -0.3 is 5.73 Å². The number of hydrogen-bond donors (Lipinski definition) is 2. The van der Waals surface area contributed by atoms with Crippen molar-refractivity contribution in [1.82, 2.24) is 15.2 Å². The molecule has 0 unspecified atom stereocenters. The molecule has 0 amide bonds. The van der Waals surface area contributed by atoms with Crippen LogP contribution in [0.15, 0.2) is 47.2 Å². The number of halogens is 2. The minimum atomic E-state index is -0.330. The molecule has 0 spiro atoms. The molecule has 0 aliphatic rings. The minimum Gasteiger partial charge on any atom is -0.382 e.